The summed E-state index contributed by atoms with van der Waals surface area (Å²) in [7, 11) is 1.67. The molecule has 2 saturated heterocycles. The van der Waals surface area contributed by atoms with E-state index in [0.717, 1.165) is 25.9 Å². The van der Waals surface area contributed by atoms with Crippen molar-refractivity contribution in [2.45, 2.75) is 31.0 Å². The van der Waals surface area contributed by atoms with Gasteiger partial charge in [-0.3, -0.25) is 9.69 Å². The van der Waals surface area contributed by atoms with E-state index in [4.69, 9.17) is 0 Å². The van der Waals surface area contributed by atoms with Gasteiger partial charge < -0.3 is 15.7 Å². The van der Waals surface area contributed by atoms with Crippen molar-refractivity contribution in [3.05, 3.63) is 0 Å². The maximum absolute atomic E-state index is 11.6. The Morgan fingerprint density at radius 3 is 2.93 bits per heavy atom. The summed E-state index contributed by atoms with van der Waals surface area (Å²) in [4.78, 5) is 13.8. The Morgan fingerprint density at radius 2 is 2.33 bits per heavy atom. The van der Waals surface area contributed by atoms with Crippen LogP contribution in [-0.4, -0.2) is 60.8 Å². The van der Waals surface area contributed by atoms with Crippen LogP contribution in [0.1, 0.15) is 12.8 Å². The quantitative estimate of drug-likeness (QED) is 0.524. The number of likely N-dealkylation sites (tertiary alicyclic amines) is 1. The molecule has 5 heteroatoms. The van der Waals surface area contributed by atoms with Crippen molar-refractivity contribution >= 4 is 5.91 Å². The number of carbonyl (C=O) groups is 1. The molecule has 2 aliphatic rings. The number of aliphatic hydroxyl groups is 1. The number of hydrogen-bond donors (Lipinski definition) is 3. The van der Waals surface area contributed by atoms with Crippen LogP contribution in [0.4, 0.5) is 0 Å². The lowest BCUT2D eigenvalue weighted by molar-refractivity contribution is -0.126. The van der Waals surface area contributed by atoms with Crippen molar-refractivity contribution in [3.8, 4) is 0 Å². The molecule has 0 spiro atoms. The Morgan fingerprint density at radius 1 is 1.53 bits per heavy atom. The van der Waals surface area contributed by atoms with Crippen molar-refractivity contribution in [2.75, 3.05) is 26.7 Å². The number of amides is 1. The minimum atomic E-state index is -0.338. The fourth-order valence-electron chi connectivity index (χ4n) is 2.62. The van der Waals surface area contributed by atoms with Crippen LogP contribution < -0.4 is 10.6 Å². The van der Waals surface area contributed by atoms with Crippen LogP contribution in [-0.2, 0) is 4.79 Å². The van der Waals surface area contributed by atoms with Crippen molar-refractivity contribution in [3.63, 3.8) is 0 Å². The summed E-state index contributed by atoms with van der Waals surface area (Å²) in [5, 5.41) is 15.6. The number of nitrogens with one attached hydrogen (secondary N) is 2. The van der Waals surface area contributed by atoms with Crippen LogP contribution in [0.2, 0.25) is 0 Å². The molecule has 3 unspecified atom stereocenters. The van der Waals surface area contributed by atoms with Gasteiger partial charge in [0.05, 0.1) is 18.2 Å². The molecule has 0 aromatic carbocycles. The van der Waals surface area contributed by atoms with Gasteiger partial charge in [-0.15, -0.1) is 0 Å². The fourth-order valence-corrected chi connectivity index (χ4v) is 2.62. The molecule has 0 saturated carbocycles. The lowest BCUT2D eigenvalue weighted by Crippen LogP contribution is -2.51. The summed E-state index contributed by atoms with van der Waals surface area (Å²) in [6.45, 7) is 2.35. The minimum Gasteiger partial charge on any atom is -0.390 e. The number of β-amino-alcohol motifs (C(OH)–C–C–N with tert-alkyl or cyclic N) is 1. The average molecular weight is 213 g/mol. The van der Waals surface area contributed by atoms with Crippen LogP contribution in [0.15, 0.2) is 0 Å². The molecular formula is C10H19N3O2. The van der Waals surface area contributed by atoms with Gasteiger partial charge in [0, 0.05) is 20.1 Å². The summed E-state index contributed by atoms with van der Waals surface area (Å²) in [6, 6.07) is 0.0596. The molecule has 0 bridgehead atoms. The second-order valence-corrected chi connectivity index (χ2v) is 4.30. The summed E-state index contributed by atoms with van der Waals surface area (Å²) in [6.07, 6.45) is 1.61. The van der Waals surface area contributed by atoms with Crippen LogP contribution >= 0.6 is 0 Å². The van der Waals surface area contributed by atoms with Gasteiger partial charge >= 0.3 is 0 Å². The molecule has 0 aromatic rings. The maximum Gasteiger partial charge on any atom is 0.237 e. The molecule has 0 aromatic heterocycles. The zero-order valence-corrected chi connectivity index (χ0v) is 9.07. The smallest absolute Gasteiger partial charge is 0.237 e. The third-order valence-corrected chi connectivity index (χ3v) is 3.42. The molecule has 15 heavy (non-hydrogen) atoms. The predicted octanol–water partition coefficient (Wildman–Crippen LogP) is -1.47. The van der Waals surface area contributed by atoms with Gasteiger partial charge in [-0.1, -0.05) is 0 Å². The number of likely N-dealkylation sites (N-methyl/N-ethyl adjacent to an activating group) is 1. The molecule has 3 atom stereocenters. The predicted molar refractivity (Wildman–Crippen MR) is 56.5 cm³/mol. The van der Waals surface area contributed by atoms with E-state index in [0.29, 0.717) is 6.54 Å². The van der Waals surface area contributed by atoms with Gasteiger partial charge in [-0.05, 0) is 19.4 Å². The highest BCUT2D eigenvalue weighted by Crippen LogP contribution is 2.23. The van der Waals surface area contributed by atoms with Crippen LogP contribution in [0.3, 0.4) is 0 Å². The van der Waals surface area contributed by atoms with Crippen molar-refractivity contribution in [1.29, 1.82) is 0 Å². The van der Waals surface area contributed by atoms with Gasteiger partial charge in [-0.25, -0.2) is 0 Å². The highest BCUT2D eigenvalue weighted by Gasteiger charge is 2.39. The first kappa shape index (κ1) is 10.9. The Hall–Kier alpha value is -0.650. The number of aliphatic hydroxyl groups excluding tert-OH is 1. The highest BCUT2D eigenvalue weighted by molar-refractivity contribution is 5.81. The van der Waals surface area contributed by atoms with E-state index >= 15 is 0 Å². The number of carbonyl (C=O) groups excluding carboxylic acids is 1. The molecule has 0 radical (unpaired) electrons. The summed E-state index contributed by atoms with van der Waals surface area (Å²) in [5.74, 6) is 0.0756. The molecule has 2 heterocycles. The average Bonchev–Trinajstić information content (AvgIpc) is 2.84. The van der Waals surface area contributed by atoms with E-state index in [9.17, 15) is 9.90 Å². The molecule has 86 valence electrons. The van der Waals surface area contributed by atoms with Crippen molar-refractivity contribution < 1.29 is 9.90 Å². The minimum absolute atomic E-state index is 0.0467. The summed E-state index contributed by atoms with van der Waals surface area (Å²) in [5.41, 5.74) is 0. The largest absolute Gasteiger partial charge is 0.390 e. The summed E-state index contributed by atoms with van der Waals surface area (Å²) >= 11 is 0. The van der Waals surface area contributed by atoms with Crippen LogP contribution in [0.25, 0.3) is 0 Å². The second-order valence-electron chi connectivity index (χ2n) is 4.30. The standard InChI is InChI=1S/C10H19N3O2/c1-11-10(15)7-3-2-4-13(7)8-5-12-6-9(8)14/h7-9,12,14H,2-6H2,1H3,(H,11,15). The third kappa shape index (κ3) is 2.00. The molecule has 2 aliphatic heterocycles. The van der Waals surface area contributed by atoms with E-state index in [1.54, 1.807) is 7.05 Å². The molecule has 1 amide bonds. The number of rotatable bonds is 2. The molecular weight excluding hydrogens is 194 g/mol. The van der Waals surface area contributed by atoms with Crippen molar-refractivity contribution in [1.82, 2.24) is 15.5 Å². The van der Waals surface area contributed by atoms with Gasteiger partial charge in [0.2, 0.25) is 5.91 Å². The van der Waals surface area contributed by atoms with Crippen molar-refractivity contribution in [2.24, 2.45) is 0 Å². The van der Waals surface area contributed by atoms with Gasteiger partial charge in [-0.2, -0.15) is 0 Å². The first-order valence-corrected chi connectivity index (χ1v) is 5.60. The van der Waals surface area contributed by atoms with Gasteiger partial charge in [0.1, 0.15) is 0 Å². The molecule has 3 N–H and O–H groups in total. The zero-order chi connectivity index (χ0) is 10.8. The summed E-state index contributed by atoms with van der Waals surface area (Å²) < 4.78 is 0. The van der Waals surface area contributed by atoms with Gasteiger partial charge in [0.15, 0.2) is 0 Å². The van der Waals surface area contributed by atoms with Gasteiger partial charge in [0.25, 0.3) is 0 Å². The second kappa shape index (κ2) is 4.47. The monoisotopic (exact) mass is 213 g/mol. The van der Waals surface area contributed by atoms with E-state index < -0.39 is 0 Å². The normalized spacial score (nSPS) is 37.1. The van der Waals surface area contributed by atoms with E-state index in [1.807, 2.05) is 0 Å². The van der Waals surface area contributed by atoms with E-state index in [-0.39, 0.29) is 24.1 Å². The maximum atomic E-state index is 11.6. The Bertz CT molecular complexity index is 247. The Balaban J connectivity index is 2.04. The van der Waals surface area contributed by atoms with Crippen LogP contribution in [0, 0.1) is 0 Å². The topological polar surface area (TPSA) is 64.6 Å². The SMILES string of the molecule is CNC(=O)C1CCCN1C1CNCC1O. The third-order valence-electron chi connectivity index (χ3n) is 3.42. The molecule has 2 rings (SSSR count). The molecule has 0 aliphatic carbocycles. The highest BCUT2D eigenvalue weighted by atomic mass is 16.3. The van der Waals surface area contributed by atoms with E-state index in [1.165, 1.54) is 0 Å². The lowest BCUT2D eigenvalue weighted by atomic mass is 10.1. The fraction of sp³-hybridized carbons (Fsp3) is 0.900. The zero-order valence-electron chi connectivity index (χ0n) is 9.07. The number of hydrogen-bond acceptors (Lipinski definition) is 4. The van der Waals surface area contributed by atoms with E-state index in [2.05, 4.69) is 15.5 Å². The Kier molecular flexibility index (Phi) is 3.23. The first-order chi connectivity index (χ1) is 7.24. The molecule has 2 fully saturated rings. The van der Waals surface area contributed by atoms with Crippen LogP contribution in [0.5, 0.6) is 0 Å². The lowest BCUT2D eigenvalue weighted by Gasteiger charge is -2.30. The molecule has 5 nitrogen and oxygen atoms in total. The first-order valence-electron chi connectivity index (χ1n) is 5.60. The Labute approximate surface area is 89.8 Å². The number of nitrogens with zero attached hydrogens (tertiary/aromatic N) is 1.